The number of hydrogen-bond acceptors (Lipinski definition) is 2. The van der Waals surface area contributed by atoms with Crippen LogP contribution in [-0.4, -0.2) is 35.8 Å². The summed E-state index contributed by atoms with van der Waals surface area (Å²) in [5.41, 5.74) is 1.90. The van der Waals surface area contributed by atoms with Crippen molar-refractivity contribution in [2.45, 2.75) is 46.1 Å². The maximum atomic E-state index is 12.2. The number of carbonyl (C=O) groups excluding carboxylic acids is 2. The second kappa shape index (κ2) is 6.95. The first kappa shape index (κ1) is 16.5. The largest absolute Gasteiger partial charge is 0.352 e. The molecule has 0 spiro atoms. The number of hydrogen-bond donors (Lipinski definition) is 1. The van der Waals surface area contributed by atoms with Gasteiger partial charge >= 0.3 is 0 Å². The molecule has 1 N–H and O–H groups in total. The lowest BCUT2D eigenvalue weighted by molar-refractivity contribution is -0.129. The molecule has 4 nitrogen and oxygen atoms in total. The van der Waals surface area contributed by atoms with Crippen molar-refractivity contribution in [3.8, 4) is 0 Å². The van der Waals surface area contributed by atoms with Crippen molar-refractivity contribution < 1.29 is 9.59 Å². The number of benzene rings is 1. The zero-order valence-electron chi connectivity index (χ0n) is 13.9. The molecule has 1 aromatic carbocycles. The van der Waals surface area contributed by atoms with E-state index >= 15 is 0 Å². The Morgan fingerprint density at radius 3 is 2.36 bits per heavy atom. The first-order chi connectivity index (χ1) is 10.4. The molecule has 2 amide bonds. The maximum absolute atomic E-state index is 12.2. The quantitative estimate of drug-likeness (QED) is 0.909. The van der Waals surface area contributed by atoms with Gasteiger partial charge in [-0.15, -0.1) is 0 Å². The van der Waals surface area contributed by atoms with Gasteiger partial charge in [-0.2, -0.15) is 0 Å². The Bertz CT molecular complexity index is 535. The van der Waals surface area contributed by atoms with E-state index in [-0.39, 0.29) is 23.8 Å². The van der Waals surface area contributed by atoms with E-state index in [0.717, 1.165) is 6.54 Å². The number of rotatable bonds is 5. The van der Waals surface area contributed by atoms with Crippen LogP contribution in [-0.2, 0) is 4.79 Å². The first-order valence-electron chi connectivity index (χ1n) is 8.06. The number of nitrogens with one attached hydrogen (secondary N) is 1. The predicted molar refractivity (Wildman–Crippen MR) is 87.8 cm³/mol. The lowest BCUT2D eigenvalue weighted by Crippen LogP contribution is -2.34. The van der Waals surface area contributed by atoms with Gasteiger partial charge in [0.2, 0.25) is 5.91 Å². The van der Waals surface area contributed by atoms with Crippen LogP contribution >= 0.6 is 0 Å². The summed E-state index contributed by atoms with van der Waals surface area (Å²) in [5.74, 6) is 0.804. The third kappa shape index (κ3) is 3.87. The third-order valence-electron chi connectivity index (χ3n) is 4.25. The van der Waals surface area contributed by atoms with Crippen molar-refractivity contribution in [3.05, 3.63) is 35.4 Å². The second-order valence-electron chi connectivity index (χ2n) is 6.70. The van der Waals surface area contributed by atoms with E-state index in [1.807, 2.05) is 43.0 Å². The Morgan fingerprint density at radius 1 is 1.23 bits per heavy atom. The molecule has 0 radical (unpaired) electrons. The van der Waals surface area contributed by atoms with Gasteiger partial charge in [0.05, 0.1) is 0 Å². The summed E-state index contributed by atoms with van der Waals surface area (Å²) in [6, 6.07) is 7.96. The van der Waals surface area contributed by atoms with Crippen molar-refractivity contribution in [2.24, 2.45) is 5.92 Å². The van der Waals surface area contributed by atoms with E-state index < -0.39 is 0 Å². The van der Waals surface area contributed by atoms with Gasteiger partial charge in [-0.25, -0.2) is 0 Å². The van der Waals surface area contributed by atoms with Crippen LogP contribution in [0.15, 0.2) is 24.3 Å². The SMILES string of the molecule is CC(C)c1ccc(C(=O)NCC2CC(=O)N(C(C)C)C2)cc1. The number of amides is 2. The molecule has 0 aliphatic carbocycles. The first-order valence-corrected chi connectivity index (χ1v) is 8.06. The molecule has 1 saturated heterocycles. The molecular formula is C18H26N2O2. The zero-order valence-corrected chi connectivity index (χ0v) is 13.9. The topological polar surface area (TPSA) is 49.4 Å². The van der Waals surface area contributed by atoms with Crippen LogP contribution in [0.1, 0.15) is 56.0 Å². The van der Waals surface area contributed by atoms with Crippen LogP contribution < -0.4 is 5.32 Å². The summed E-state index contributed by atoms with van der Waals surface area (Å²) in [6.07, 6.45) is 0.532. The molecule has 1 fully saturated rings. The maximum Gasteiger partial charge on any atom is 0.251 e. The standard InChI is InChI=1S/C18H26N2O2/c1-12(2)15-5-7-16(8-6-15)18(22)19-10-14-9-17(21)20(11-14)13(3)4/h5-8,12-14H,9-11H2,1-4H3,(H,19,22). The number of carbonyl (C=O) groups is 2. The van der Waals surface area contributed by atoms with Gasteiger partial charge in [-0.05, 0) is 37.5 Å². The molecular weight excluding hydrogens is 276 g/mol. The smallest absolute Gasteiger partial charge is 0.251 e. The van der Waals surface area contributed by atoms with Crippen molar-refractivity contribution in [2.75, 3.05) is 13.1 Å². The summed E-state index contributed by atoms with van der Waals surface area (Å²) < 4.78 is 0. The Labute approximate surface area is 132 Å². The lowest BCUT2D eigenvalue weighted by Gasteiger charge is -2.21. The molecule has 22 heavy (non-hydrogen) atoms. The second-order valence-corrected chi connectivity index (χ2v) is 6.70. The Hall–Kier alpha value is -1.84. The van der Waals surface area contributed by atoms with Crippen LogP contribution in [0.5, 0.6) is 0 Å². The lowest BCUT2D eigenvalue weighted by atomic mass is 10.0. The summed E-state index contributed by atoms with van der Waals surface area (Å²) in [5, 5.41) is 2.95. The summed E-state index contributed by atoms with van der Waals surface area (Å²) >= 11 is 0. The van der Waals surface area contributed by atoms with Gasteiger partial charge in [0.1, 0.15) is 0 Å². The van der Waals surface area contributed by atoms with Gasteiger partial charge in [0, 0.05) is 37.0 Å². The van der Waals surface area contributed by atoms with Crippen LogP contribution in [0, 0.1) is 5.92 Å². The monoisotopic (exact) mass is 302 g/mol. The average Bonchev–Trinajstić information content (AvgIpc) is 2.86. The summed E-state index contributed by atoms with van der Waals surface area (Å²) in [6.45, 7) is 9.60. The molecule has 1 heterocycles. The summed E-state index contributed by atoms with van der Waals surface area (Å²) in [4.78, 5) is 25.9. The molecule has 1 aliphatic rings. The van der Waals surface area contributed by atoms with E-state index in [1.165, 1.54) is 5.56 Å². The van der Waals surface area contributed by atoms with Gasteiger partial charge in [-0.3, -0.25) is 9.59 Å². The number of likely N-dealkylation sites (tertiary alicyclic amines) is 1. The fourth-order valence-electron chi connectivity index (χ4n) is 2.80. The Balaban J connectivity index is 1.87. The minimum atomic E-state index is -0.0641. The minimum absolute atomic E-state index is 0.0641. The van der Waals surface area contributed by atoms with Crippen LogP contribution in [0.3, 0.4) is 0 Å². The van der Waals surface area contributed by atoms with Crippen LogP contribution in [0.4, 0.5) is 0 Å². The van der Waals surface area contributed by atoms with Crippen molar-refractivity contribution in [1.29, 1.82) is 0 Å². The average molecular weight is 302 g/mol. The molecule has 2 rings (SSSR count). The predicted octanol–water partition coefficient (Wildman–Crippen LogP) is 2.80. The highest BCUT2D eigenvalue weighted by Gasteiger charge is 2.31. The fraction of sp³-hybridized carbons (Fsp3) is 0.556. The van der Waals surface area contributed by atoms with Crippen molar-refractivity contribution in [1.82, 2.24) is 10.2 Å². The molecule has 0 aromatic heterocycles. The normalized spacial score (nSPS) is 18.4. The fourth-order valence-corrected chi connectivity index (χ4v) is 2.80. The van der Waals surface area contributed by atoms with Crippen molar-refractivity contribution >= 4 is 11.8 Å². The molecule has 1 unspecified atom stereocenters. The molecule has 1 aromatic rings. The highest BCUT2D eigenvalue weighted by molar-refractivity contribution is 5.94. The van der Waals surface area contributed by atoms with Gasteiger partial charge in [0.25, 0.3) is 5.91 Å². The Kier molecular flexibility index (Phi) is 5.22. The molecule has 4 heteroatoms. The highest BCUT2D eigenvalue weighted by atomic mass is 16.2. The molecule has 0 saturated carbocycles. The van der Waals surface area contributed by atoms with Gasteiger partial charge in [-0.1, -0.05) is 26.0 Å². The Morgan fingerprint density at radius 2 is 1.86 bits per heavy atom. The molecule has 1 aliphatic heterocycles. The number of nitrogens with zero attached hydrogens (tertiary/aromatic N) is 1. The minimum Gasteiger partial charge on any atom is -0.352 e. The van der Waals surface area contributed by atoms with E-state index in [9.17, 15) is 9.59 Å². The molecule has 1 atom stereocenters. The van der Waals surface area contributed by atoms with E-state index in [0.29, 0.717) is 24.4 Å². The van der Waals surface area contributed by atoms with E-state index in [4.69, 9.17) is 0 Å². The zero-order chi connectivity index (χ0) is 16.3. The van der Waals surface area contributed by atoms with Gasteiger partial charge < -0.3 is 10.2 Å². The molecule has 0 bridgehead atoms. The summed E-state index contributed by atoms with van der Waals surface area (Å²) in [7, 11) is 0. The van der Waals surface area contributed by atoms with Gasteiger partial charge in [0.15, 0.2) is 0 Å². The van der Waals surface area contributed by atoms with Crippen LogP contribution in [0.25, 0.3) is 0 Å². The van der Waals surface area contributed by atoms with Crippen molar-refractivity contribution in [3.63, 3.8) is 0 Å². The highest BCUT2D eigenvalue weighted by Crippen LogP contribution is 2.19. The molecule has 120 valence electrons. The third-order valence-corrected chi connectivity index (χ3v) is 4.25. The van der Waals surface area contributed by atoms with E-state index in [1.54, 1.807) is 0 Å². The van der Waals surface area contributed by atoms with E-state index in [2.05, 4.69) is 19.2 Å². The van der Waals surface area contributed by atoms with Crippen LogP contribution in [0.2, 0.25) is 0 Å².